The lowest BCUT2D eigenvalue weighted by molar-refractivity contribution is -0.141. The molecule has 0 heterocycles. The van der Waals surface area contributed by atoms with Crippen LogP contribution in [0.4, 0.5) is 0 Å². The number of hydrogen-bond acceptors (Lipinski definition) is 3. The molecule has 0 bridgehead atoms. The molecule has 4 nitrogen and oxygen atoms in total. The number of aryl methyl sites for hydroxylation is 1. The highest BCUT2D eigenvalue weighted by Gasteiger charge is 2.29. The van der Waals surface area contributed by atoms with Crippen molar-refractivity contribution in [1.82, 2.24) is 10.2 Å². The van der Waals surface area contributed by atoms with Crippen molar-refractivity contribution in [2.75, 3.05) is 12.3 Å². The molecular formula is C30H35ClN2O2S. The molecule has 0 radical (unpaired) electrons. The number of carbonyl (C=O) groups excluding carboxylic acids is 2. The number of hydrogen-bond donors (Lipinski definition) is 1. The van der Waals surface area contributed by atoms with Crippen LogP contribution in [0.1, 0.15) is 42.9 Å². The monoisotopic (exact) mass is 522 g/mol. The van der Waals surface area contributed by atoms with Gasteiger partial charge < -0.3 is 10.2 Å². The maximum atomic E-state index is 13.6. The highest BCUT2D eigenvalue weighted by atomic mass is 35.5. The zero-order chi connectivity index (χ0) is 25.8. The van der Waals surface area contributed by atoms with Crippen LogP contribution in [0.25, 0.3) is 0 Å². The van der Waals surface area contributed by atoms with Crippen molar-refractivity contribution in [2.45, 2.75) is 57.0 Å². The summed E-state index contributed by atoms with van der Waals surface area (Å²) in [6.45, 7) is 5.07. The molecular weight excluding hydrogens is 488 g/mol. The summed E-state index contributed by atoms with van der Waals surface area (Å²) in [6.07, 6.45) is 2.44. The first-order valence-electron chi connectivity index (χ1n) is 12.5. The van der Waals surface area contributed by atoms with Crippen molar-refractivity contribution in [3.8, 4) is 0 Å². The molecule has 1 N–H and O–H groups in total. The van der Waals surface area contributed by atoms with Crippen molar-refractivity contribution < 1.29 is 9.59 Å². The summed E-state index contributed by atoms with van der Waals surface area (Å²) in [6, 6.07) is 25.3. The first kappa shape index (κ1) is 27.8. The summed E-state index contributed by atoms with van der Waals surface area (Å²) in [5, 5.41) is 3.74. The number of halogens is 1. The molecule has 1 atom stereocenters. The van der Waals surface area contributed by atoms with E-state index in [0.717, 1.165) is 40.2 Å². The van der Waals surface area contributed by atoms with Crippen LogP contribution in [0.5, 0.6) is 0 Å². The lowest BCUT2D eigenvalue weighted by Gasteiger charge is -2.31. The van der Waals surface area contributed by atoms with E-state index in [0.29, 0.717) is 31.0 Å². The number of carbonyl (C=O) groups is 2. The maximum Gasteiger partial charge on any atom is 0.243 e. The molecule has 3 rings (SSSR count). The third-order valence-corrected chi connectivity index (χ3v) is 7.26. The largest absolute Gasteiger partial charge is 0.354 e. The molecule has 0 fully saturated rings. The Morgan fingerprint density at radius 2 is 1.64 bits per heavy atom. The van der Waals surface area contributed by atoms with Crippen LogP contribution in [0.2, 0.25) is 5.02 Å². The van der Waals surface area contributed by atoms with E-state index in [-0.39, 0.29) is 11.8 Å². The van der Waals surface area contributed by atoms with Gasteiger partial charge >= 0.3 is 0 Å². The number of nitrogens with one attached hydrogen (secondary N) is 1. The number of rotatable bonds is 13. The first-order chi connectivity index (χ1) is 17.5. The highest BCUT2D eigenvalue weighted by molar-refractivity contribution is 7.99. The molecule has 0 aliphatic carbocycles. The maximum absolute atomic E-state index is 13.6. The van der Waals surface area contributed by atoms with Crippen molar-refractivity contribution in [1.29, 1.82) is 0 Å². The van der Waals surface area contributed by atoms with Gasteiger partial charge in [-0.3, -0.25) is 9.59 Å². The smallest absolute Gasteiger partial charge is 0.243 e. The van der Waals surface area contributed by atoms with Crippen molar-refractivity contribution in [2.24, 2.45) is 0 Å². The third-order valence-electron chi connectivity index (χ3n) is 5.91. The van der Waals surface area contributed by atoms with Crippen LogP contribution >= 0.6 is 23.4 Å². The SMILES string of the molecule is CCCNC(=O)[C@H](Cc1ccccc1)N(Cc1ccc(C)cc1)C(=O)CCCSc1ccc(Cl)cc1. The Kier molecular flexibility index (Phi) is 11.4. The topological polar surface area (TPSA) is 49.4 Å². The minimum absolute atomic E-state index is 0.000129. The van der Waals surface area contributed by atoms with Gasteiger partial charge in [0.05, 0.1) is 0 Å². The second-order valence-electron chi connectivity index (χ2n) is 8.91. The molecule has 0 spiro atoms. The van der Waals surface area contributed by atoms with Gasteiger partial charge in [0, 0.05) is 35.8 Å². The van der Waals surface area contributed by atoms with Gasteiger partial charge in [0.2, 0.25) is 11.8 Å². The second-order valence-corrected chi connectivity index (χ2v) is 10.5. The van der Waals surface area contributed by atoms with Gasteiger partial charge in [-0.25, -0.2) is 0 Å². The molecule has 0 aliphatic heterocycles. The van der Waals surface area contributed by atoms with E-state index < -0.39 is 6.04 Å². The van der Waals surface area contributed by atoms with E-state index in [4.69, 9.17) is 11.6 Å². The molecule has 3 aromatic rings. The molecule has 190 valence electrons. The lowest BCUT2D eigenvalue weighted by atomic mass is 10.0. The van der Waals surface area contributed by atoms with Gasteiger partial charge in [0.15, 0.2) is 0 Å². The minimum atomic E-state index is -0.573. The predicted molar refractivity (Wildman–Crippen MR) is 150 cm³/mol. The van der Waals surface area contributed by atoms with E-state index in [2.05, 4.69) is 5.32 Å². The van der Waals surface area contributed by atoms with Crippen LogP contribution in [0, 0.1) is 6.92 Å². The Labute approximate surface area is 224 Å². The molecule has 3 aromatic carbocycles. The molecule has 0 saturated heterocycles. The number of amides is 2. The van der Waals surface area contributed by atoms with Crippen LogP contribution in [-0.2, 0) is 22.6 Å². The van der Waals surface area contributed by atoms with E-state index in [1.54, 1.807) is 16.7 Å². The molecule has 0 unspecified atom stereocenters. The van der Waals surface area contributed by atoms with Crippen LogP contribution < -0.4 is 5.32 Å². The van der Waals surface area contributed by atoms with Gasteiger partial charge in [-0.1, -0.05) is 78.7 Å². The molecule has 0 aliphatic rings. The minimum Gasteiger partial charge on any atom is -0.354 e. The molecule has 0 saturated carbocycles. The fourth-order valence-electron chi connectivity index (χ4n) is 3.90. The average molecular weight is 523 g/mol. The number of benzene rings is 3. The number of thioether (sulfide) groups is 1. The summed E-state index contributed by atoms with van der Waals surface area (Å²) in [5.41, 5.74) is 3.22. The fourth-order valence-corrected chi connectivity index (χ4v) is 4.88. The zero-order valence-corrected chi connectivity index (χ0v) is 22.7. The van der Waals surface area contributed by atoms with Crippen LogP contribution in [0.15, 0.2) is 83.8 Å². The molecule has 0 aromatic heterocycles. The Balaban J connectivity index is 1.76. The average Bonchev–Trinajstić information content (AvgIpc) is 2.89. The Morgan fingerprint density at radius 3 is 2.31 bits per heavy atom. The van der Waals surface area contributed by atoms with Gasteiger partial charge in [0.25, 0.3) is 0 Å². The third kappa shape index (κ3) is 9.03. The lowest BCUT2D eigenvalue weighted by Crippen LogP contribution is -2.50. The summed E-state index contributed by atoms with van der Waals surface area (Å²) in [7, 11) is 0. The fraction of sp³-hybridized carbons (Fsp3) is 0.333. The van der Waals surface area contributed by atoms with Gasteiger partial charge in [-0.05, 0) is 60.9 Å². The standard InChI is InChI=1S/C30H35ClN2O2S/c1-3-19-32-30(35)28(21-24-8-5-4-6-9-24)33(22-25-13-11-23(2)12-14-25)29(34)10-7-20-36-27-17-15-26(31)16-18-27/h4-6,8-9,11-18,28H,3,7,10,19-22H2,1-2H3,(H,32,35)/t28-/m0/s1. The summed E-state index contributed by atoms with van der Waals surface area (Å²) < 4.78 is 0. The van der Waals surface area contributed by atoms with Crippen molar-refractivity contribution in [3.05, 3.63) is 101 Å². The quantitative estimate of drug-likeness (QED) is 0.201. The van der Waals surface area contributed by atoms with E-state index >= 15 is 0 Å². The first-order valence-corrected chi connectivity index (χ1v) is 13.9. The number of nitrogens with zero attached hydrogens (tertiary/aromatic N) is 1. The van der Waals surface area contributed by atoms with E-state index in [1.165, 1.54) is 0 Å². The van der Waals surface area contributed by atoms with Crippen molar-refractivity contribution in [3.63, 3.8) is 0 Å². The van der Waals surface area contributed by atoms with E-state index in [1.807, 2.05) is 92.7 Å². The van der Waals surface area contributed by atoms with Gasteiger partial charge in [0.1, 0.15) is 6.04 Å². The van der Waals surface area contributed by atoms with Crippen LogP contribution in [-0.4, -0.2) is 35.1 Å². The normalized spacial score (nSPS) is 11.6. The van der Waals surface area contributed by atoms with Gasteiger partial charge in [-0.2, -0.15) is 0 Å². The van der Waals surface area contributed by atoms with Crippen LogP contribution in [0.3, 0.4) is 0 Å². The summed E-state index contributed by atoms with van der Waals surface area (Å²) >= 11 is 7.69. The Bertz CT molecular complexity index is 1090. The molecule has 36 heavy (non-hydrogen) atoms. The van der Waals surface area contributed by atoms with Crippen molar-refractivity contribution >= 4 is 35.2 Å². The highest BCUT2D eigenvalue weighted by Crippen LogP contribution is 2.22. The van der Waals surface area contributed by atoms with Gasteiger partial charge in [-0.15, -0.1) is 11.8 Å². The van der Waals surface area contributed by atoms with E-state index in [9.17, 15) is 9.59 Å². The molecule has 2 amide bonds. The Morgan fingerprint density at radius 1 is 0.944 bits per heavy atom. The summed E-state index contributed by atoms with van der Waals surface area (Å²) in [4.78, 5) is 29.8. The second kappa shape index (κ2) is 14.7. The predicted octanol–water partition coefficient (Wildman–Crippen LogP) is 6.69. The molecule has 6 heteroatoms. The Hall–Kier alpha value is -2.76. The zero-order valence-electron chi connectivity index (χ0n) is 21.1. The summed E-state index contributed by atoms with van der Waals surface area (Å²) in [5.74, 6) is 0.716.